The molecule has 1 saturated heterocycles. The van der Waals surface area contributed by atoms with Crippen LogP contribution in [-0.2, 0) is 11.3 Å². The third-order valence-corrected chi connectivity index (χ3v) is 7.88. The van der Waals surface area contributed by atoms with Gasteiger partial charge in [-0.25, -0.2) is 13.8 Å². The molecule has 1 amide bonds. The van der Waals surface area contributed by atoms with Gasteiger partial charge in [0.2, 0.25) is 5.91 Å². The van der Waals surface area contributed by atoms with Crippen molar-refractivity contribution in [3.63, 3.8) is 0 Å². The predicted octanol–water partition coefficient (Wildman–Crippen LogP) is 3.83. The second-order valence-electron chi connectivity index (χ2n) is 9.22. The van der Waals surface area contributed by atoms with Crippen molar-refractivity contribution in [2.75, 3.05) is 13.1 Å². The van der Waals surface area contributed by atoms with Crippen LogP contribution in [0.5, 0.6) is 0 Å². The lowest BCUT2D eigenvalue weighted by Crippen LogP contribution is -2.60. The molecule has 2 fully saturated rings. The molecule has 3 heterocycles. The first kappa shape index (κ1) is 23.1. The Balaban J connectivity index is 1.61. The molecule has 3 aromatic rings. The molecule has 1 saturated carbocycles. The van der Waals surface area contributed by atoms with E-state index < -0.39 is 22.6 Å². The molecule has 0 atom stereocenters. The van der Waals surface area contributed by atoms with Gasteiger partial charge in [-0.3, -0.25) is 14.2 Å². The number of alkyl halides is 1. The quantitative estimate of drug-likeness (QED) is 0.506. The largest absolute Gasteiger partial charge is 0.335 e. The summed E-state index contributed by atoms with van der Waals surface area (Å²) in [5.74, 6) is 5.49. The Morgan fingerprint density at radius 3 is 2.71 bits per heavy atom. The Labute approximate surface area is 206 Å². The summed E-state index contributed by atoms with van der Waals surface area (Å²) in [7, 11) is 0. The second-order valence-corrected chi connectivity index (χ2v) is 11.1. The van der Waals surface area contributed by atoms with Gasteiger partial charge in [0.1, 0.15) is 22.9 Å². The monoisotopic (exact) mass is 546 g/mol. The first-order chi connectivity index (χ1) is 16.1. The van der Waals surface area contributed by atoms with Crippen LogP contribution < -0.4 is 11.3 Å². The van der Waals surface area contributed by atoms with E-state index in [0.717, 1.165) is 19.3 Å². The lowest BCUT2D eigenvalue weighted by Gasteiger charge is -2.42. The summed E-state index contributed by atoms with van der Waals surface area (Å²) in [6.45, 7) is 1.20. The normalized spacial score (nSPS) is 18.1. The number of carbonyl (C=O) groups excluding carboxylic acids is 1. The SMILES string of the molecule is CC1(F)CN(C(=O)Cn2cnc3sc(C#CC4(N)CCC4)c(-c4ccc(F)c(Br)c4)c3c2=O)C1. The molecule has 0 spiro atoms. The number of amides is 1. The molecule has 5 rings (SSSR count). The standard InChI is InChI=1S/C24H21BrF2N4O2S/c1-23(27)11-31(12-23)18(32)10-30-13-29-21-20(22(30)33)19(14-3-4-16(26)15(25)9-14)17(34-21)5-8-24(28)6-2-7-24/h3-4,9,13H,2,6-7,10-12,28H2,1H3. The minimum Gasteiger partial charge on any atom is -0.335 e. The molecule has 0 unspecified atom stereocenters. The molecule has 176 valence electrons. The Morgan fingerprint density at radius 1 is 1.35 bits per heavy atom. The van der Waals surface area contributed by atoms with Crippen LogP contribution in [0.3, 0.4) is 0 Å². The first-order valence-corrected chi connectivity index (χ1v) is 12.4. The van der Waals surface area contributed by atoms with Gasteiger partial charge in [-0.15, -0.1) is 11.3 Å². The summed E-state index contributed by atoms with van der Waals surface area (Å²) >= 11 is 4.47. The third-order valence-electron chi connectivity index (χ3n) is 6.26. The molecular formula is C24H21BrF2N4O2S. The molecule has 2 N–H and O–H groups in total. The van der Waals surface area contributed by atoms with Crippen LogP contribution in [0.25, 0.3) is 21.3 Å². The summed E-state index contributed by atoms with van der Waals surface area (Å²) < 4.78 is 29.2. The van der Waals surface area contributed by atoms with Crippen molar-refractivity contribution in [3.05, 3.63) is 50.0 Å². The molecule has 1 aliphatic heterocycles. The minimum atomic E-state index is -1.40. The van der Waals surface area contributed by atoms with Gasteiger partial charge >= 0.3 is 0 Å². The maximum atomic E-state index is 13.9. The molecule has 6 nitrogen and oxygen atoms in total. The Hall–Kier alpha value is -2.61. The number of hydrogen-bond acceptors (Lipinski definition) is 5. The van der Waals surface area contributed by atoms with E-state index in [1.165, 1.54) is 40.1 Å². The summed E-state index contributed by atoms with van der Waals surface area (Å²) in [6.07, 6.45) is 3.97. The second kappa shape index (κ2) is 8.26. The lowest BCUT2D eigenvalue weighted by molar-refractivity contribution is -0.144. The number of likely N-dealkylation sites (tertiary alicyclic amines) is 1. The van der Waals surface area contributed by atoms with E-state index in [1.807, 2.05) is 0 Å². The van der Waals surface area contributed by atoms with Gasteiger partial charge in [-0.2, -0.15) is 0 Å². The van der Waals surface area contributed by atoms with Crippen molar-refractivity contribution in [1.29, 1.82) is 0 Å². The van der Waals surface area contributed by atoms with Crippen molar-refractivity contribution in [3.8, 4) is 23.0 Å². The van der Waals surface area contributed by atoms with Crippen molar-refractivity contribution in [2.24, 2.45) is 5.73 Å². The number of nitrogens with zero attached hydrogens (tertiary/aromatic N) is 3. The third kappa shape index (κ3) is 4.17. The average molecular weight is 547 g/mol. The zero-order valence-corrected chi connectivity index (χ0v) is 20.7. The topological polar surface area (TPSA) is 81.2 Å². The Bertz CT molecular complexity index is 1440. The van der Waals surface area contributed by atoms with Gasteiger partial charge in [0.15, 0.2) is 0 Å². The minimum absolute atomic E-state index is 0.00411. The van der Waals surface area contributed by atoms with Crippen LogP contribution in [0, 0.1) is 17.7 Å². The summed E-state index contributed by atoms with van der Waals surface area (Å²) in [6, 6.07) is 4.48. The van der Waals surface area contributed by atoms with Crippen LogP contribution in [0.15, 0.2) is 33.8 Å². The van der Waals surface area contributed by atoms with Crippen molar-refractivity contribution >= 4 is 43.4 Å². The molecule has 34 heavy (non-hydrogen) atoms. The van der Waals surface area contributed by atoms with Crippen LogP contribution in [0.2, 0.25) is 0 Å². The first-order valence-electron chi connectivity index (χ1n) is 10.8. The van der Waals surface area contributed by atoms with E-state index in [4.69, 9.17) is 5.73 Å². The smallest absolute Gasteiger partial charge is 0.263 e. The van der Waals surface area contributed by atoms with Crippen LogP contribution in [0.1, 0.15) is 31.1 Å². The van der Waals surface area contributed by atoms with Crippen molar-refractivity contribution < 1.29 is 13.6 Å². The lowest BCUT2D eigenvalue weighted by atomic mass is 9.78. The van der Waals surface area contributed by atoms with Gasteiger partial charge in [-0.1, -0.05) is 17.9 Å². The van der Waals surface area contributed by atoms with E-state index in [9.17, 15) is 18.4 Å². The number of thiophene rings is 1. The Kier molecular flexibility index (Phi) is 5.62. The number of aromatic nitrogens is 2. The predicted molar refractivity (Wildman–Crippen MR) is 131 cm³/mol. The zero-order chi connectivity index (χ0) is 24.3. The number of halogens is 3. The van der Waals surface area contributed by atoms with Gasteiger partial charge in [0, 0.05) is 5.56 Å². The molecule has 10 heteroatoms. The van der Waals surface area contributed by atoms with E-state index in [1.54, 1.807) is 12.1 Å². The molecular weight excluding hydrogens is 526 g/mol. The molecule has 2 aliphatic rings. The van der Waals surface area contributed by atoms with Crippen LogP contribution in [-0.4, -0.2) is 44.7 Å². The highest BCUT2D eigenvalue weighted by Gasteiger charge is 2.41. The zero-order valence-electron chi connectivity index (χ0n) is 18.3. The fourth-order valence-electron chi connectivity index (χ4n) is 4.19. The number of carbonyl (C=O) groups is 1. The molecule has 0 bridgehead atoms. The Morgan fingerprint density at radius 2 is 2.09 bits per heavy atom. The fraction of sp³-hybridized carbons (Fsp3) is 0.375. The molecule has 0 radical (unpaired) electrons. The van der Waals surface area contributed by atoms with Crippen LogP contribution in [0.4, 0.5) is 8.78 Å². The number of benzene rings is 1. The van der Waals surface area contributed by atoms with E-state index >= 15 is 0 Å². The maximum absolute atomic E-state index is 13.9. The summed E-state index contributed by atoms with van der Waals surface area (Å²) in [5, 5.41) is 0.307. The molecule has 1 aromatic carbocycles. The molecule has 1 aliphatic carbocycles. The highest BCUT2D eigenvalue weighted by atomic mass is 79.9. The van der Waals surface area contributed by atoms with Crippen molar-refractivity contribution in [2.45, 2.75) is 43.9 Å². The van der Waals surface area contributed by atoms with Gasteiger partial charge < -0.3 is 10.6 Å². The number of hydrogen-bond donors (Lipinski definition) is 1. The average Bonchev–Trinajstić information content (AvgIpc) is 3.12. The van der Waals surface area contributed by atoms with E-state index in [2.05, 4.69) is 32.8 Å². The van der Waals surface area contributed by atoms with Gasteiger partial charge in [0.25, 0.3) is 5.56 Å². The van der Waals surface area contributed by atoms with Crippen molar-refractivity contribution in [1.82, 2.24) is 14.5 Å². The number of fused-ring (bicyclic) bond motifs is 1. The summed E-state index contributed by atoms with van der Waals surface area (Å²) in [4.78, 5) is 32.9. The fourth-order valence-corrected chi connectivity index (χ4v) is 5.58. The van der Waals surface area contributed by atoms with Crippen LogP contribution >= 0.6 is 27.3 Å². The van der Waals surface area contributed by atoms with Gasteiger partial charge in [0.05, 0.1) is 39.7 Å². The maximum Gasteiger partial charge on any atom is 0.263 e. The summed E-state index contributed by atoms with van der Waals surface area (Å²) in [5.41, 5.74) is 5.07. The van der Waals surface area contributed by atoms with Gasteiger partial charge in [-0.05, 0) is 59.8 Å². The molecule has 2 aromatic heterocycles. The number of rotatable bonds is 3. The highest BCUT2D eigenvalue weighted by Crippen LogP contribution is 2.38. The number of nitrogens with two attached hydrogens (primary N) is 1. The van der Waals surface area contributed by atoms with E-state index in [0.29, 0.717) is 26.2 Å². The highest BCUT2D eigenvalue weighted by molar-refractivity contribution is 9.10. The van der Waals surface area contributed by atoms with E-state index in [-0.39, 0.29) is 30.0 Å².